The van der Waals surface area contributed by atoms with Crippen LogP contribution in [0.3, 0.4) is 0 Å². The van der Waals surface area contributed by atoms with E-state index in [0.29, 0.717) is 45.4 Å². The van der Waals surface area contributed by atoms with Crippen molar-refractivity contribution in [1.82, 2.24) is 5.32 Å². The fourth-order valence-corrected chi connectivity index (χ4v) is 3.09. The molecule has 10 heteroatoms. The van der Waals surface area contributed by atoms with Crippen molar-refractivity contribution < 1.29 is 9.13 Å². The lowest BCUT2D eigenvalue weighted by Gasteiger charge is -2.31. The van der Waals surface area contributed by atoms with Crippen molar-refractivity contribution in [3.05, 3.63) is 58.9 Å². The summed E-state index contributed by atoms with van der Waals surface area (Å²) in [5.74, 6) is 6.84. The zero-order chi connectivity index (χ0) is 21.1. The quantitative estimate of drug-likeness (QED) is 0.240. The maximum Gasteiger partial charge on any atom is 0.152 e. The predicted molar refractivity (Wildman–Crippen MR) is 113 cm³/mol. The van der Waals surface area contributed by atoms with Crippen LogP contribution in [0.4, 0.5) is 15.8 Å². The minimum absolute atomic E-state index is 0.227. The highest BCUT2D eigenvalue weighted by molar-refractivity contribution is 6.14. The Labute approximate surface area is 168 Å². The number of methoxy groups -OCH3 is 1. The van der Waals surface area contributed by atoms with Gasteiger partial charge in [-0.25, -0.2) is 10.2 Å². The van der Waals surface area contributed by atoms with E-state index in [1.54, 1.807) is 24.3 Å². The molecule has 1 heterocycles. The Bertz CT molecular complexity index is 957. The number of nitrogens with zero attached hydrogens (tertiary/aromatic N) is 2. The lowest BCUT2D eigenvalue weighted by molar-refractivity contribution is 0.415. The van der Waals surface area contributed by atoms with E-state index in [-0.39, 0.29) is 19.0 Å². The summed E-state index contributed by atoms with van der Waals surface area (Å²) in [6, 6.07) is 9.14. The number of amidine groups is 1. The molecular weight excluding hydrogens is 375 g/mol. The monoisotopic (exact) mass is 400 g/mol. The van der Waals surface area contributed by atoms with Crippen LogP contribution >= 0.6 is 0 Å². The van der Waals surface area contributed by atoms with Crippen LogP contribution in [0, 0.1) is 5.82 Å². The lowest BCUT2D eigenvalue weighted by atomic mass is 10.0. The zero-order valence-corrected chi connectivity index (χ0v) is 16.0. The van der Waals surface area contributed by atoms with Crippen molar-refractivity contribution in [3.63, 3.8) is 0 Å². The van der Waals surface area contributed by atoms with Gasteiger partial charge in [-0.2, -0.15) is 0 Å². The first kappa shape index (κ1) is 20.6. The van der Waals surface area contributed by atoms with Crippen LogP contribution < -0.4 is 43.8 Å². The molecule has 29 heavy (non-hydrogen) atoms. The molecule has 154 valence electrons. The van der Waals surface area contributed by atoms with E-state index in [0.717, 1.165) is 0 Å². The summed E-state index contributed by atoms with van der Waals surface area (Å²) in [4.78, 5) is 4.45. The Morgan fingerprint density at radius 2 is 2.00 bits per heavy atom. The maximum atomic E-state index is 13.3. The normalized spacial score (nSPS) is 18.2. The number of aliphatic imine (C=N–C) groups is 1. The topological polar surface area (TPSA) is 167 Å². The van der Waals surface area contributed by atoms with E-state index in [1.165, 1.54) is 24.3 Å². The number of benzene rings is 2. The molecule has 0 radical (unpaired) electrons. The van der Waals surface area contributed by atoms with Crippen LogP contribution in [0.1, 0.15) is 11.1 Å². The van der Waals surface area contributed by atoms with Crippen molar-refractivity contribution in [2.24, 2.45) is 28.0 Å². The van der Waals surface area contributed by atoms with Gasteiger partial charge in [0, 0.05) is 24.0 Å². The highest BCUT2D eigenvalue weighted by Gasteiger charge is 2.28. The molecule has 1 atom stereocenters. The van der Waals surface area contributed by atoms with Crippen LogP contribution in [-0.2, 0) is 6.54 Å². The minimum Gasteiger partial charge on any atom is -0.494 e. The summed E-state index contributed by atoms with van der Waals surface area (Å²) in [5.41, 5.74) is 27.5. The predicted octanol–water partition coefficient (Wildman–Crippen LogP) is 0.169. The number of ether oxygens (including phenoxy) is 1. The highest BCUT2D eigenvalue weighted by atomic mass is 19.1. The molecule has 1 aliphatic rings. The third-order valence-electron chi connectivity index (χ3n) is 4.69. The van der Waals surface area contributed by atoms with Gasteiger partial charge in [0.2, 0.25) is 0 Å². The van der Waals surface area contributed by atoms with Gasteiger partial charge in [0.05, 0.1) is 25.5 Å². The Morgan fingerprint density at radius 1 is 1.31 bits per heavy atom. The second-order valence-corrected chi connectivity index (χ2v) is 6.45. The van der Waals surface area contributed by atoms with E-state index in [2.05, 4.69) is 10.3 Å². The molecule has 3 rings (SSSR count). The fourth-order valence-electron chi connectivity index (χ4n) is 3.09. The zero-order valence-electron chi connectivity index (χ0n) is 16.0. The summed E-state index contributed by atoms with van der Waals surface area (Å²) >= 11 is 0. The first-order valence-electron chi connectivity index (χ1n) is 8.88. The third-order valence-corrected chi connectivity index (χ3v) is 4.69. The molecule has 0 aliphatic carbocycles. The number of hydrazine groups is 1. The Hall–Kier alpha value is -3.18. The van der Waals surface area contributed by atoms with Crippen molar-refractivity contribution in [3.8, 4) is 5.75 Å². The maximum absolute atomic E-state index is 13.3. The third kappa shape index (κ3) is 4.00. The van der Waals surface area contributed by atoms with Gasteiger partial charge in [-0.05, 0) is 41.5 Å². The van der Waals surface area contributed by atoms with Crippen molar-refractivity contribution in [2.75, 3.05) is 24.5 Å². The van der Waals surface area contributed by atoms with Gasteiger partial charge in [-0.15, -0.1) is 0 Å². The van der Waals surface area contributed by atoms with Crippen molar-refractivity contribution >= 4 is 22.9 Å². The average molecular weight is 400 g/mol. The first-order valence-corrected chi connectivity index (χ1v) is 8.88. The van der Waals surface area contributed by atoms with Crippen molar-refractivity contribution in [1.29, 1.82) is 0 Å². The van der Waals surface area contributed by atoms with Crippen LogP contribution in [-0.4, -0.2) is 25.8 Å². The summed E-state index contributed by atoms with van der Waals surface area (Å²) in [5, 5.41) is 4.35. The second kappa shape index (κ2) is 8.45. The number of hydrogen-bond acceptors (Lipinski definition) is 9. The Morgan fingerprint density at radius 3 is 2.62 bits per heavy atom. The summed E-state index contributed by atoms with van der Waals surface area (Å²) < 4.78 is 18.7. The molecule has 0 aromatic heterocycles. The molecule has 2 aromatic carbocycles. The van der Waals surface area contributed by atoms with Gasteiger partial charge in [0.25, 0.3) is 0 Å². The van der Waals surface area contributed by atoms with E-state index in [9.17, 15) is 4.39 Å². The van der Waals surface area contributed by atoms with E-state index >= 15 is 0 Å². The van der Waals surface area contributed by atoms with Crippen LogP contribution in [0.25, 0.3) is 5.70 Å². The summed E-state index contributed by atoms with van der Waals surface area (Å²) in [7, 11) is 1.51. The molecule has 0 saturated heterocycles. The smallest absolute Gasteiger partial charge is 0.152 e. The standard InChI is InChI=1S/C19H25FN8O/c1-29-15-7-13(22)11(8-21)6-14(15)28(25)19-16(18(24)26-9-27-19)17(23)10-2-4-12(20)5-3-10/h2-7,18,26H,8-9,21-25H2,1H3. The molecule has 0 fully saturated rings. The first-order chi connectivity index (χ1) is 13.9. The fraction of sp³-hybridized carbons (Fsp3) is 0.211. The summed E-state index contributed by atoms with van der Waals surface area (Å²) in [6.45, 7) is 0.468. The number of nitrogens with one attached hydrogen (secondary N) is 1. The van der Waals surface area contributed by atoms with Gasteiger partial charge in [0.15, 0.2) is 5.84 Å². The average Bonchev–Trinajstić information content (AvgIpc) is 2.72. The van der Waals surface area contributed by atoms with Gasteiger partial charge in [0.1, 0.15) is 17.3 Å². The number of halogens is 1. The lowest BCUT2D eigenvalue weighted by Crippen LogP contribution is -2.52. The molecule has 9 nitrogen and oxygen atoms in total. The van der Waals surface area contributed by atoms with Crippen LogP contribution in [0.5, 0.6) is 5.75 Å². The minimum atomic E-state index is -0.632. The van der Waals surface area contributed by atoms with Crippen molar-refractivity contribution in [2.45, 2.75) is 12.7 Å². The molecule has 11 N–H and O–H groups in total. The second-order valence-electron chi connectivity index (χ2n) is 6.45. The number of nitrogens with two attached hydrogens (primary N) is 5. The summed E-state index contributed by atoms with van der Waals surface area (Å²) in [6.07, 6.45) is -0.632. The van der Waals surface area contributed by atoms with E-state index < -0.39 is 6.17 Å². The van der Waals surface area contributed by atoms with Gasteiger partial charge < -0.3 is 27.7 Å². The molecule has 2 aromatic rings. The Balaban J connectivity index is 2.11. The highest BCUT2D eigenvalue weighted by Crippen LogP contribution is 2.33. The SMILES string of the molecule is COc1cc(N)c(CN)cc1N(N)C1=NCNC(N)C1=C(N)c1ccc(F)cc1. The van der Waals surface area contributed by atoms with Crippen LogP contribution in [0.15, 0.2) is 47.0 Å². The van der Waals surface area contributed by atoms with Gasteiger partial charge in [-0.1, -0.05) is 0 Å². The number of hydrogen-bond donors (Lipinski definition) is 6. The number of anilines is 2. The van der Waals surface area contributed by atoms with E-state index in [1.807, 2.05) is 0 Å². The molecule has 0 saturated carbocycles. The molecule has 0 spiro atoms. The van der Waals surface area contributed by atoms with E-state index in [4.69, 9.17) is 33.5 Å². The molecule has 1 unspecified atom stereocenters. The Kier molecular flexibility index (Phi) is 5.99. The molecule has 0 bridgehead atoms. The number of nitrogen functional groups attached to an aromatic ring is 1. The number of rotatable bonds is 4. The molecular formula is C19H25FN8O. The molecule has 1 aliphatic heterocycles. The van der Waals surface area contributed by atoms with Gasteiger partial charge in [-0.3, -0.25) is 15.3 Å². The van der Waals surface area contributed by atoms with Crippen LogP contribution in [0.2, 0.25) is 0 Å². The largest absolute Gasteiger partial charge is 0.494 e. The van der Waals surface area contributed by atoms with Gasteiger partial charge >= 0.3 is 0 Å². The molecule has 0 amide bonds.